The van der Waals surface area contributed by atoms with E-state index in [1.165, 1.54) is 12.5 Å². The Labute approximate surface area is 114 Å². The van der Waals surface area contributed by atoms with Crippen molar-refractivity contribution in [3.8, 4) is 0 Å². The van der Waals surface area contributed by atoms with Gasteiger partial charge in [-0.3, -0.25) is 4.79 Å². The first-order valence-corrected chi connectivity index (χ1v) is 6.06. The van der Waals surface area contributed by atoms with E-state index in [1.807, 2.05) is 31.3 Å². The predicted molar refractivity (Wildman–Crippen MR) is 75.7 cm³/mol. The Kier molecular flexibility index (Phi) is 3.04. The fraction of sp³-hybridized carbons (Fsp3) is 0.0714. The van der Waals surface area contributed by atoms with E-state index in [1.54, 1.807) is 6.07 Å². The van der Waals surface area contributed by atoms with Crippen LogP contribution in [0.4, 0.5) is 11.4 Å². The molecule has 0 saturated heterocycles. The number of hydrogen-bond donors (Lipinski definition) is 2. The van der Waals surface area contributed by atoms with Gasteiger partial charge in [0.2, 0.25) is 0 Å². The first-order chi connectivity index (χ1) is 9.78. The molecule has 1 aromatic carbocycles. The van der Waals surface area contributed by atoms with E-state index in [4.69, 9.17) is 0 Å². The summed E-state index contributed by atoms with van der Waals surface area (Å²) in [5.41, 5.74) is 2.44. The maximum absolute atomic E-state index is 12.2. The molecule has 6 heteroatoms. The van der Waals surface area contributed by atoms with Crippen molar-refractivity contribution in [1.82, 2.24) is 10.1 Å². The molecule has 3 rings (SSSR count). The van der Waals surface area contributed by atoms with E-state index >= 15 is 0 Å². The fourth-order valence-corrected chi connectivity index (χ4v) is 1.96. The number of nitrogens with zero attached hydrogens (tertiary/aromatic N) is 2. The standard InChI is InChI=1S/C14H12N4O2/c1-15-12-6-13(14(19)17-9-7-16-20-8-9)18-11-5-3-2-4-10(11)12/h2-8H,1H3,(H,15,18)(H,17,19). The van der Waals surface area contributed by atoms with Crippen LogP contribution in [0.1, 0.15) is 10.5 Å². The highest BCUT2D eigenvalue weighted by Gasteiger charge is 2.12. The molecule has 1 amide bonds. The van der Waals surface area contributed by atoms with Gasteiger partial charge in [-0.1, -0.05) is 23.4 Å². The highest BCUT2D eigenvalue weighted by atomic mass is 16.5. The summed E-state index contributed by atoms with van der Waals surface area (Å²) in [5.74, 6) is -0.310. The molecule has 2 N–H and O–H groups in total. The second-order valence-corrected chi connectivity index (χ2v) is 4.19. The van der Waals surface area contributed by atoms with Crippen LogP contribution in [0.5, 0.6) is 0 Å². The fourth-order valence-electron chi connectivity index (χ4n) is 1.96. The van der Waals surface area contributed by atoms with E-state index in [9.17, 15) is 4.79 Å². The summed E-state index contributed by atoms with van der Waals surface area (Å²) in [7, 11) is 1.81. The van der Waals surface area contributed by atoms with Crippen molar-refractivity contribution in [1.29, 1.82) is 0 Å². The quantitative estimate of drug-likeness (QED) is 0.763. The Bertz CT molecular complexity index is 753. The van der Waals surface area contributed by atoms with Crippen molar-refractivity contribution in [3.05, 3.63) is 48.5 Å². The van der Waals surface area contributed by atoms with Crippen LogP contribution >= 0.6 is 0 Å². The minimum Gasteiger partial charge on any atom is -0.388 e. The van der Waals surface area contributed by atoms with Crippen LogP contribution in [0.25, 0.3) is 10.9 Å². The van der Waals surface area contributed by atoms with E-state index in [2.05, 4.69) is 25.3 Å². The molecule has 0 fully saturated rings. The summed E-state index contributed by atoms with van der Waals surface area (Å²) in [6, 6.07) is 9.35. The topological polar surface area (TPSA) is 80.0 Å². The second-order valence-electron chi connectivity index (χ2n) is 4.19. The van der Waals surface area contributed by atoms with E-state index in [-0.39, 0.29) is 5.91 Å². The van der Waals surface area contributed by atoms with Crippen molar-refractivity contribution in [2.24, 2.45) is 0 Å². The molecule has 0 saturated carbocycles. The summed E-state index contributed by atoms with van der Waals surface area (Å²) >= 11 is 0. The van der Waals surface area contributed by atoms with Gasteiger partial charge in [0.05, 0.1) is 11.7 Å². The molecule has 2 aromatic heterocycles. The minimum atomic E-state index is -0.310. The number of anilines is 2. The van der Waals surface area contributed by atoms with Gasteiger partial charge in [-0.2, -0.15) is 0 Å². The Morgan fingerprint density at radius 3 is 2.90 bits per heavy atom. The predicted octanol–water partition coefficient (Wildman–Crippen LogP) is 2.52. The van der Waals surface area contributed by atoms with Gasteiger partial charge in [0.15, 0.2) is 0 Å². The van der Waals surface area contributed by atoms with Gasteiger partial charge >= 0.3 is 0 Å². The van der Waals surface area contributed by atoms with Crippen molar-refractivity contribution >= 4 is 28.2 Å². The van der Waals surface area contributed by atoms with Crippen LogP contribution in [0.15, 0.2) is 47.3 Å². The van der Waals surface area contributed by atoms with Gasteiger partial charge in [0.1, 0.15) is 17.6 Å². The molecule has 0 aliphatic carbocycles. The Morgan fingerprint density at radius 1 is 1.30 bits per heavy atom. The van der Waals surface area contributed by atoms with Crippen LogP contribution in [-0.4, -0.2) is 23.1 Å². The number of nitrogens with one attached hydrogen (secondary N) is 2. The Morgan fingerprint density at radius 2 is 2.15 bits per heavy atom. The number of rotatable bonds is 3. The van der Waals surface area contributed by atoms with Crippen LogP contribution in [0.3, 0.4) is 0 Å². The summed E-state index contributed by atoms with van der Waals surface area (Å²) in [4.78, 5) is 16.5. The Balaban J connectivity index is 2.01. The van der Waals surface area contributed by atoms with Crippen molar-refractivity contribution in [3.63, 3.8) is 0 Å². The normalized spacial score (nSPS) is 10.4. The Hall–Kier alpha value is -2.89. The molecule has 3 aromatic rings. The number of amides is 1. The number of pyridine rings is 1. The summed E-state index contributed by atoms with van der Waals surface area (Å²) < 4.78 is 4.67. The van der Waals surface area contributed by atoms with Gasteiger partial charge in [-0.25, -0.2) is 4.98 Å². The molecule has 20 heavy (non-hydrogen) atoms. The molecule has 6 nitrogen and oxygen atoms in total. The van der Waals surface area contributed by atoms with Crippen LogP contribution < -0.4 is 10.6 Å². The number of aromatic nitrogens is 2. The third-order valence-corrected chi connectivity index (χ3v) is 2.91. The highest BCUT2D eigenvalue weighted by Crippen LogP contribution is 2.23. The molecule has 0 unspecified atom stereocenters. The zero-order valence-electron chi connectivity index (χ0n) is 10.8. The van der Waals surface area contributed by atoms with Crippen LogP contribution in [0, 0.1) is 0 Å². The lowest BCUT2D eigenvalue weighted by Gasteiger charge is -2.08. The van der Waals surface area contributed by atoms with Crippen LogP contribution in [0.2, 0.25) is 0 Å². The van der Waals surface area contributed by atoms with Crippen LogP contribution in [-0.2, 0) is 0 Å². The van der Waals surface area contributed by atoms with Gasteiger partial charge in [0.25, 0.3) is 5.91 Å². The summed E-state index contributed by atoms with van der Waals surface area (Å²) in [6.45, 7) is 0. The zero-order valence-corrected chi connectivity index (χ0v) is 10.8. The smallest absolute Gasteiger partial charge is 0.274 e. The van der Waals surface area contributed by atoms with Gasteiger partial charge in [-0.15, -0.1) is 0 Å². The summed E-state index contributed by atoms with van der Waals surface area (Å²) in [5, 5.41) is 10.2. The van der Waals surface area contributed by atoms with Crippen molar-refractivity contribution in [2.75, 3.05) is 17.7 Å². The molecular formula is C14H12N4O2. The van der Waals surface area contributed by atoms with Gasteiger partial charge in [0, 0.05) is 18.1 Å². The molecule has 0 radical (unpaired) electrons. The maximum atomic E-state index is 12.2. The lowest BCUT2D eigenvalue weighted by Crippen LogP contribution is -2.13. The number of carbonyl (C=O) groups excluding carboxylic acids is 1. The molecule has 0 aliphatic heterocycles. The lowest BCUT2D eigenvalue weighted by molar-refractivity contribution is 0.102. The molecule has 0 spiro atoms. The third-order valence-electron chi connectivity index (χ3n) is 2.91. The average molecular weight is 268 g/mol. The number of hydrogen-bond acceptors (Lipinski definition) is 5. The monoisotopic (exact) mass is 268 g/mol. The SMILES string of the molecule is CNc1cc(C(=O)Nc2cnoc2)nc2ccccc12. The van der Waals surface area contributed by atoms with E-state index < -0.39 is 0 Å². The number of fused-ring (bicyclic) bond motifs is 1. The van der Waals surface area contributed by atoms with Crippen molar-refractivity contribution in [2.45, 2.75) is 0 Å². The molecule has 2 heterocycles. The number of para-hydroxylation sites is 1. The maximum Gasteiger partial charge on any atom is 0.274 e. The number of benzene rings is 1. The minimum absolute atomic E-state index is 0.310. The van der Waals surface area contributed by atoms with Gasteiger partial charge < -0.3 is 15.2 Å². The number of carbonyl (C=O) groups is 1. The molecular weight excluding hydrogens is 256 g/mol. The van der Waals surface area contributed by atoms with Crippen molar-refractivity contribution < 1.29 is 9.32 Å². The van der Waals surface area contributed by atoms with E-state index in [0.717, 1.165) is 16.6 Å². The molecule has 0 atom stereocenters. The second kappa shape index (κ2) is 5.00. The largest absolute Gasteiger partial charge is 0.388 e. The first kappa shape index (κ1) is 12.2. The highest BCUT2D eigenvalue weighted by molar-refractivity contribution is 6.06. The summed E-state index contributed by atoms with van der Waals surface area (Å²) in [6.07, 6.45) is 2.79. The first-order valence-electron chi connectivity index (χ1n) is 6.06. The molecule has 100 valence electrons. The molecule has 0 aliphatic rings. The third kappa shape index (κ3) is 2.18. The zero-order chi connectivity index (χ0) is 13.9. The lowest BCUT2D eigenvalue weighted by atomic mass is 10.1. The van der Waals surface area contributed by atoms with Gasteiger partial charge in [-0.05, 0) is 12.1 Å². The average Bonchev–Trinajstić information content (AvgIpc) is 2.99. The molecule has 0 bridgehead atoms. The van der Waals surface area contributed by atoms with E-state index in [0.29, 0.717) is 11.4 Å².